The highest BCUT2D eigenvalue weighted by Crippen LogP contribution is 2.27. The molecule has 0 saturated carbocycles. The lowest BCUT2D eigenvalue weighted by Gasteiger charge is -2.25. The minimum Gasteiger partial charge on any atom is -0.386 e. The summed E-state index contributed by atoms with van der Waals surface area (Å²) in [5.41, 5.74) is 0.554. The molecular formula is C16H25FN2O. The van der Waals surface area contributed by atoms with Gasteiger partial charge in [-0.15, -0.1) is 0 Å². The molecule has 1 aliphatic heterocycles. The van der Waals surface area contributed by atoms with E-state index >= 15 is 0 Å². The van der Waals surface area contributed by atoms with Crippen molar-refractivity contribution < 1.29 is 9.50 Å². The third-order valence-electron chi connectivity index (χ3n) is 4.39. The van der Waals surface area contributed by atoms with E-state index in [-0.39, 0.29) is 11.7 Å². The SMILES string of the molecule is CC(C)C1CCN(CC(C)C(O)c2ccc(F)cn2)C1. The lowest BCUT2D eigenvalue weighted by atomic mass is 9.95. The van der Waals surface area contributed by atoms with E-state index in [0.717, 1.165) is 37.7 Å². The highest BCUT2D eigenvalue weighted by Gasteiger charge is 2.28. The Labute approximate surface area is 120 Å². The molecule has 3 unspecified atom stereocenters. The Balaban J connectivity index is 1.88. The van der Waals surface area contributed by atoms with Crippen LogP contribution in [0.2, 0.25) is 0 Å². The molecule has 4 heteroatoms. The van der Waals surface area contributed by atoms with E-state index in [4.69, 9.17) is 0 Å². The second kappa shape index (κ2) is 6.64. The molecule has 0 spiro atoms. The first kappa shape index (κ1) is 15.4. The molecule has 112 valence electrons. The topological polar surface area (TPSA) is 36.4 Å². The first-order valence-corrected chi connectivity index (χ1v) is 7.49. The van der Waals surface area contributed by atoms with E-state index in [9.17, 15) is 9.50 Å². The Bertz CT molecular complexity index is 421. The molecule has 1 N–H and O–H groups in total. The van der Waals surface area contributed by atoms with Crippen molar-refractivity contribution in [2.45, 2.75) is 33.3 Å². The molecule has 20 heavy (non-hydrogen) atoms. The zero-order chi connectivity index (χ0) is 14.7. The molecule has 0 amide bonds. The molecule has 2 rings (SSSR count). The molecule has 0 aromatic carbocycles. The van der Waals surface area contributed by atoms with E-state index in [1.807, 2.05) is 6.92 Å². The van der Waals surface area contributed by atoms with Gasteiger partial charge in [0.15, 0.2) is 0 Å². The lowest BCUT2D eigenvalue weighted by Crippen LogP contribution is -2.30. The lowest BCUT2D eigenvalue weighted by molar-refractivity contribution is 0.0893. The van der Waals surface area contributed by atoms with Crippen molar-refractivity contribution in [2.75, 3.05) is 19.6 Å². The minimum atomic E-state index is -0.631. The number of aliphatic hydroxyl groups is 1. The monoisotopic (exact) mass is 280 g/mol. The first-order chi connectivity index (χ1) is 9.47. The quantitative estimate of drug-likeness (QED) is 0.901. The van der Waals surface area contributed by atoms with E-state index in [2.05, 4.69) is 23.7 Å². The second-order valence-corrected chi connectivity index (χ2v) is 6.38. The smallest absolute Gasteiger partial charge is 0.141 e. The van der Waals surface area contributed by atoms with Crippen LogP contribution in [0.3, 0.4) is 0 Å². The van der Waals surface area contributed by atoms with Gasteiger partial charge in [0.25, 0.3) is 0 Å². The summed E-state index contributed by atoms with van der Waals surface area (Å²) in [6.45, 7) is 9.66. The average Bonchev–Trinajstić information content (AvgIpc) is 2.87. The van der Waals surface area contributed by atoms with Crippen molar-refractivity contribution in [3.8, 4) is 0 Å². The van der Waals surface area contributed by atoms with Crippen molar-refractivity contribution in [1.29, 1.82) is 0 Å². The Morgan fingerprint density at radius 3 is 2.70 bits per heavy atom. The molecular weight excluding hydrogens is 255 g/mol. The van der Waals surface area contributed by atoms with Gasteiger partial charge in [-0.05, 0) is 36.9 Å². The molecule has 0 radical (unpaired) electrons. The normalized spacial score (nSPS) is 23.2. The van der Waals surface area contributed by atoms with Crippen molar-refractivity contribution in [3.05, 3.63) is 29.8 Å². The Morgan fingerprint density at radius 2 is 2.15 bits per heavy atom. The van der Waals surface area contributed by atoms with E-state index in [0.29, 0.717) is 5.69 Å². The van der Waals surface area contributed by atoms with Crippen LogP contribution in [0.25, 0.3) is 0 Å². The number of likely N-dealkylation sites (tertiary alicyclic amines) is 1. The van der Waals surface area contributed by atoms with Crippen LogP contribution in [0.15, 0.2) is 18.3 Å². The van der Waals surface area contributed by atoms with Crippen molar-refractivity contribution in [3.63, 3.8) is 0 Å². The fraction of sp³-hybridized carbons (Fsp3) is 0.688. The maximum Gasteiger partial charge on any atom is 0.141 e. The van der Waals surface area contributed by atoms with Gasteiger partial charge in [0, 0.05) is 19.0 Å². The largest absolute Gasteiger partial charge is 0.386 e. The van der Waals surface area contributed by atoms with Gasteiger partial charge in [0.1, 0.15) is 5.82 Å². The van der Waals surface area contributed by atoms with E-state index in [1.165, 1.54) is 12.5 Å². The molecule has 0 bridgehead atoms. The average molecular weight is 280 g/mol. The number of hydrogen-bond donors (Lipinski definition) is 1. The highest BCUT2D eigenvalue weighted by atomic mass is 19.1. The predicted molar refractivity (Wildman–Crippen MR) is 77.7 cm³/mol. The number of pyridine rings is 1. The molecule has 0 aliphatic carbocycles. The van der Waals surface area contributed by atoms with Crippen molar-refractivity contribution in [2.24, 2.45) is 17.8 Å². The van der Waals surface area contributed by atoms with Gasteiger partial charge >= 0.3 is 0 Å². The Hall–Kier alpha value is -1.00. The molecule has 3 atom stereocenters. The number of halogens is 1. The summed E-state index contributed by atoms with van der Waals surface area (Å²) in [4.78, 5) is 6.39. The molecule has 1 aliphatic rings. The standard InChI is InChI=1S/C16H25FN2O/c1-11(2)13-6-7-19(10-13)9-12(3)16(20)15-5-4-14(17)8-18-15/h4-5,8,11-13,16,20H,6-7,9-10H2,1-3H3. The Morgan fingerprint density at radius 1 is 1.40 bits per heavy atom. The maximum atomic E-state index is 12.8. The van der Waals surface area contributed by atoms with Crippen LogP contribution in [0.4, 0.5) is 4.39 Å². The Kier molecular flexibility index (Phi) is 5.11. The van der Waals surface area contributed by atoms with Gasteiger partial charge in [-0.3, -0.25) is 4.98 Å². The van der Waals surface area contributed by atoms with E-state index in [1.54, 1.807) is 6.07 Å². The third kappa shape index (κ3) is 3.76. The summed E-state index contributed by atoms with van der Waals surface area (Å²) in [5.74, 6) is 1.22. The number of hydrogen-bond acceptors (Lipinski definition) is 3. The third-order valence-corrected chi connectivity index (χ3v) is 4.39. The zero-order valence-corrected chi connectivity index (χ0v) is 12.6. The number of nitrogens with zero attached hydrogens (tertiary/aromatic N) is 2. The number of aromatic nitrogens is 1. The second-order valence-electron chi connectivity index (χ2n) is 6.38. The van der Waals surface area contributed by atoms with Crippen molar-refractivity contribution in [1.82, 2.24) is 9.88 Å². The number of rotatable bonds is 5. The van der Waals surface area contributed by atoms with Gasteiger partial charge in [0.05, 0.1) is 18.0 Å². The summed E-state index contributed by atoms with van der Waals surface area (Å²) in [5, 5.41) is 10.3. The van der Waals surface area contributed by atoms with Crippen LogP contribution in [-0.2, 0) is 0 Å². The predicted octanol–water partition coefficient (Wildman–Crippen LogP) is 2.87. The molecule has 1 fully saturated rings. The van der Waals surface area contributed by atoms with Crippen LogP contribution in [-0.4, -0.2) is 34.6 Å². The van der Waals surface area contributed by atoms with Crippen LogP contribution >= 0.6 is 0 Å². The van der Waals surface area contributed by atoms with Crippen LogP contribution < -0.4 is 0 Å². The summed E-state index contributed by atoms with van der Waals surface area (Å²) < 4.78 is 12.8. The minimum absolute atomic E-state index is 0.0962. The molecule has 3 nitrogen and oxygen atoms in total. The fourth-order valence-corrected chi connectivity index (χ4v) is 2.93. The van der Waals surface area contributed by atoms with Crippen LogP contribution in [0.1, 0.15) is 39.0 Å². The first-order valence-electron chi connectivity index (χ1n) is 7.49. The van der Waals surface area contributed by atoms with E-state index < -0.39 is 6.10 Å². The fourth-order valence-electron chi connectivity index (χ4n) is 2.93. The number of aliphatic hydroxyl groups excluding tert-OH is 1. The van der Waals surface area contributed by atoms with Gasteiger partial charge in [-0.1, -0.05) is 20.8 Å². The van der Waals surface area contributed by atoms with Crippen molar-refractivity contribution >= 4 is 0 Å². The zero-order valence-electron chi connectivity index (χ0n) is 12.6. The van der Waals surface area contributed by atoms with Gasteiger partial charge in [-0.2, -0.15) is 0 Å². The summed E-state index contributed by atoms with van der Waals surface area (Å²) in [6, 6.07) is 2.92. The molecule has 1 aromatic rings. The molecule has 1 aromatic heterocycles. The summed E-state index contributed by atoms with van der Waals surface area (Å²) in [6.07, 6.45) is 1.78. The summed E-state index contributed by atoms with van der Waals surface area (Å²) >= 11 is 0. The van der Waals surface area contributed by atoms with Gasteiger partial charge in [0.2, 0.25) is 0 Å². The summed E-state index contributed by atoms with van der Waals surface area (Å²) in [7, 11) is 0. The molecule has 2 heterocycles. The highest BCUT2D eigenvalue weighted by molar-refractivity contribution is 5.09. The van der Waals surface area contributed by atoms with Crippen LogP contribution in [0, 0.1) is 23.6 Å². The maximum absolute atomic E-state index is 12.8. The van der Waals surface area contributed by atoms with Crippen LogP contribution in [0.5, 0.6) is 0 Å². The molecule has 1 saturated heterocycles. The van der Waals surface area contributed by atoms with Gasteiger partial charge < -0.3 is 10.0 Å². The van der Waals surface area contributed by atoms with Gasteiger partial charge in [-0.25, -0.2) is 4.39 Å².